The Balaban J connectivity index is 1.82. The second-order valence-corrected chi connectivity index (χ2v) is 6.98. The van der Waals surface area contributed by atoms with Crippen LogP contribution in [0.1, 0.15) is 12.5 Å². The van der Waals surface area contributed by atoms with Crippen molar-refractivity contribution in [2.75, 3.05) is 24.7 Å². The highest BCUT2D eigenvalue weighted by atomic mass is 32.2. The van der Waals surface area contributed by atoms with Gasteiger partial charge < -0.3 is 10.2 Å². The largest absolute Gasteiger partial charge is 0.373 e. The summed E-state index contributed by atoms with van der Waals surface area (Å²) in [5, 5.41) is 3.53. The van der Waals surface area contributed by atoms with E-state index in [1.807, 2.05) is 30.3 Å². The van der Waals surface area contributed by atoms with Gasteiger partial charge >= 0.3 is 0 Å². The minimum atomic E-state index is -0.906. The van der Waals surface area contributed by atoms with E-state index in [0.717, 1.165) is 18.0 Å². The van der Waals surface area contributed by atoms with Crippen LogP contribution in [0.5, 0.6) is 0 Å². The maximum absolute atomic E-state index is 11.4. The third kappa shape index (κ3) is 4.97. The fraction of sp³-hybridized carbons (Fsp3) is 0.333. The molecule has 0 aliphatic carbocycles. The number of hydrogen-bond donors (Lipinski definition) is 1. The van der Waals surface area contributed by atoms with Gasteiger partial charge in [0, 0.05) is 53.8 Å². The Hall–Kier alpha value is -1.65. The highest BCUT2D eigenvalue weighted by Crippen LogP contribution is 2.11. The lowest BCUT2D eigenvalue weighted by molar-refractivity contribution is 0.546. The summed E-state index contributed by atoms with van der Waals surface area (Å²) < 4.78 is 11.4. The molecule has 0 fully saturated rings. The minimum absolute atomic E-state index is 0.380. The van der Waals surface area contributed by atoms with Crippen LogP contribution in [0.25, 0.3) is 0 Å². The van der Waals surface area contributed by atoms with Crippen molar-refractivity contribution < 1.29 is 4.21 Å². The SMILES string of the molecule is C[C@@H](CN(C)c1ccccc1)NCc1ccc([S@](C)=O)cc1. The summed E-state index contributed by atoms with van der Waals surface area (Å²) >= 11 is 0. The molecule has 0 unspecified atom stereocenters. The Morgan fingerprint density at radius 3 is 2.32 bits per heavy atom. The summed E-state index contributed by atoms with van der Waals surface area (Å²) in [6.07, 6.45) is 1.70. The molecule has 0 aliphatic heterocycles. The van der Waals surface area contributed by atoms with E-state index in [0.29, 0.717) is 6.04 Å². The van der Waals surface area contributed by atoms with Crippen LogP contribution in [0.4, 0.5) is 5.69 Å². The molecule has 118 valence electrons. The Labute approximate surface area is 135 Å². The molecule has 22 heavy (non-hydrogen) atoms. The Morgan fingerprint density at radius 2 is 1.73 bits per heavy atom. The van der Waals surface area contributed by atoms with Crippen LogP contribution < -0.4 is 10.2 Å². The zero-order valence-electron chi connectivity index (χ0n) is 13.5. The van der Waals surface area contributed by atoms with Gasteiger partial charge in [0.25, 0.3) is 0 Å². The van der Waals surface area contributed by atoms with E-state index < -0.39 is 10.8 Å². The summed E-state index contributed by atoms with van der Waals surface area (Å²) in [7, 11) is 1.20. The summed E-state index contributed by atoms with van der Waals surface area (Å²) in [6.45, 7) is 3.95. The third-order valence-corrected chi connectivity index (χ3v) is 4.59. The second kappa shape index (κ2) is 8.11. The van der Waals surface area contributed by atoms with Crippen molar-refractivity contribution in [3.05, 3.63) is 60.2 Å². The molecular formula is C18H24N2OS. The van der Waals surface area contributed by atoms with Crippen LogP contribution in [0.2, 0.25) is 0 Å². The predicted octanol–water partition coefficient (Wildman–Crippen LogP) is 3.04. The van der Waals surface area contributed by atoms with E-state index in [9.17, 15) is 4.21 Å². The van der Waals surface area contributed by atoms with E-state index >= 15 is 0 Å². The first-order valence-corrected chi connectivity index (χ1v) is 9.04. The van der Waals surface area contributed by atoms with Gasteiger partial charge in [-0.15, -0.1) is 0 Å². The normalized spacial score (nSPS) is 13.6. The molecule has 2 aromatic carbocycles. The molecule has 1 N–H and O–H groups in total. The number of anilines is 1. The highest BCUT2D eigenvalue weighted by Gasteiger charge is 2.07. The molecule has 2 rings (SSSR count). The molecule has 0 radical (unpaired) electrons. The number of likely N-dealkylation sites (N-methyl/N-ethyl adjacent to an activating group) is 1. The van der Waals surface area contributed by atoms with Crippen molar-refractivity contribution in [1.29, 1.82) is 0 Å². The average Bonchev–Trinajstić information content (AvgIpc) is 2.54. The number of nitrogens with zero attached hydrogens (tertiary/aromatic N) is 1. The van der Waals surface area contributed by atoms with Gasteiger partial charge in [-0.2, -0.15) is 0 Å². The first kappa shape index (κ1) is 16.7. The van der Waals surface area contributed by atoms with Crippen molar-refractivity contribution in [3.8, 4) is 0 Å². The zero-order chi connectivity index (χ0) is 15.9. The second-order valence-electron chi connectivity index (χ2n) is 5.60. The van der Waals surface area contributed by atoms with E-state index in [1.54, 1.807) is 6.26 Å². The molecule has 0 bridgehead atoms. The maximum Gasteiger partial charge on any atom is 0.0498 e. The lowest BCUT2D eigenvalue weighted by atomic mass is 10.2. The quantitative estimate of drug-likeness (QED) is 0.852. The Bertz CT molecular complexity index is 598. The Morgan fingerprint density at radius 1 is 1.09 bits per heavy atom. The monoisotopic (exact) mass is 316 g/mol. The standard InChI is InChI=1S/C18H24N2OS/c1-15(14-20(2)17-7-5-4-6-8-17)19-13-16-9-11-18(12-10-16)22(3)21/h4-12,15,19H,13-14H2,1-3H3/t15-,22-/m0/s1. The summed E-state index contributed by atoms with van der Waals surface area (Å²) in [4.78, 5) is 3.13. The van der Waals surface area contributed by atoms with Crippen molar-refractivity contribution in [3.63, 3.8) is 0 Å². The van der Waals surface area contributed by atoms with Gasteiger partial charge in [-0.1, -0.05) is 30.3 Å². The van der Waals surface area contributed by atoms with Gasteiger partial charge in [0.15, 0.2) is 0 Å². The van der Waals surface area contributed by atoms with Crippen LogP contribution in [-0.4, -0.2) is 30.1 Å². The van der Waals surface area contributed by atoms with Crippen LogP contribution in [0, 0.1) is 0 Å². The van der Waals surface area contributed by atoms with Crippen LogP contribution in [0.3, 0.4) is 0 Å². The summed E-state index contributed by atoms with van der Waals surface area (Å²) in [5.41, 5.74) is 2.44. The topological polar surface area (TPSA) is 32.3 Å². The number of rotatable bonds is 7. The first-order valence-electron chi connectivity index (χ1n) is 7.48. The van der Waals surface area contributed by atoms with Gasteiger partial charge in [-0.05, 0) is 36.8 Å². The zero-order valence-corrected chi connectivity index (χ0v) is 14.3. The predicted molar refractivity (Wildman–Crippen MR) is 94.8 cm³/mol. The molecule has 0 heterocycles. The number of para-hydroxylation sites is 1. The molecule has 0 amide bonds. The van der Waals surface area contributed by atoms with Gasteiger partial charge in [-0.25, -0.2) is 0 Å². The molecule has 0 aliphatic rings. The molecule has 0 aromatic heterocycles. The van der Waals surface area contributed by atoms with Gasteiger partial charge in [0.1, 0.15) is 0 Å². The van der Waals surface area contributed by atoms with E-state index in [-0.39, 0.29) is 0 Å². The van der Waals surface area contributed by atoms with Crippen LogP contribution in [0.15, 0.2) is 59.5 Å². The molecule has 0 saturated heterocycles. The minimum Gasteiger partial charge on any atom is -0.373 e. The van der Waals surface area contributed by atoms with E-state index in [4.69, 9.17) is 0 Å². The van der Waals surface area contributed by atoms with Crippen molar-refractivity contribution >= 4 is 16.5 Å². The molecule has 2 atom stereocenters. The van der Waals surface area contributed by atoms with Crippen LogP contribution >= 0.6 is 0 Å². The van der Waals surface area contributed by atoms with Gasteiger partial charge in [0.2, 0.25) is 0 Å². The smallest absolute Gasteiger partial charge is 0.0498 e. The average molecular weight is 316 g/mol. The molecule has 0 spiro atoms. The van der Waals surface area contributed by atoms with E-state index in [2.05, 4.69) is 48.5 Å². The molecule has 2 aromatic rings. The fourth-order valence-electron chi connectivity index (χ4n) is 2.35. The Kier molecular flexibility index (Phi) is 6.16. The maximum atomic E-state index is 11.4. The highest BCUT2D eigenvalue weighted by molar-refractivity contribution is 7.84. The summed E-state index contributed by atoms with van der Waals surface area (Å²) in [5.74, 6) is 0. The van der Waals surface area contributed by atoms with E-state index in [1.165, 1.54) is 11.3 Å². The fourth-order valence-corrected chi connectivity index (χ4v) is 2.87. The lowest BCUT2D eigenvalue weighted by Crippen LogP contribution is -2.37. The molecule has 0 saturated carbocycles. The van der Waals surface area contributed by atoms with Crippen molar-refractivity contribution in [2.24, 2.45) is 0 Å². The van der Waals surface area contributed by atoms with Crippen LogP contribution in [-0.2, 0) is 17.3 Å². The molecule has 3 nitrogen and oxygen atoms in total. The van der Waals surface area contributed by atoms with Crippen molar-refractivity contribution in [1.82, 2.24) is 5.32 Å². The van der Waals surface area contributed by atoms with Gasteiger partial charge in [0.05, 0.1) is 0 Å². The van der Waals surface area contributed by atoms with Crippen molar-refractivity contribution in [2.45, 2.75) is 24.4 Å². The third-order valence-electron chi connectivity index (χ3n) is 3.65. The number of nitrogens with one attached hydrogen (secondary N) is 1. The number of benzene rings is 2. The lowest BCUT2D eigenvalue weighted by Gasteiger charge is -2.24. The summed E-state index contributed by atoms with van der Waals surface area (Å²) in [6, 6.07) is 18.7. The molecule has 4 heteroatoms. The first-order chi connectivity index (χ1) is 10.6. The number of hydrogen-bond acceptors (Lipinski definition) is 3. The van der Waals surface area contributed by atoms with Gasteiger partial charge in [-0.3, -0.25) is 4.21 Å². The molecular weight excluding hydrogens is 292 g/mol.